The molecule has 0 amide bonds. The summed E-state index contributed by atoms with van der Waals surface area (Å²) in [6.45, 7) is 6.43. The number of ether oxygens (including phenoxy) is 1. The van der Waals surface area contributed by atoms with E-state index in [0.29, 0.717) is 6.61 Å². The van der Waals surface area contributed by atoms with Crippen LogP contribution in [0.15, 0.2) is 12.1 Å². The summed E-state index contributed by atoms with van der Waals surface area (Å²) in [5.74, 6) is -0.158. The van der Waals surface area contributed by atoms with Crippen LogP contribution >= 0.6 is 0 Å². The van der Waals surface area contributed by atoms with Crippen molar-refractivity contribution in [1.29, 1.82) is 0 Å². The smallest absolute Gasteiger partial charge is 0.328 e. The van der Waals surface area contributed by atoms with Gasteiger partial charge in [0.15, 0.2) is 0 Å². The molecule has 1 unspecified atom stereocenters. The van der Waals surface area contributed by atoms with E-state index in [9.17, 15) is 4.79 Å². The molecule has 1 aromatic carbocycles. The first-order valence-electron chi connectivity index (χ1n) is 5.65. The zero-order valence-electron chi connectivity index (χ0n) is 9.96. The number of hydrogen-bond acceptors (Lipinski definition) is 3. The van der Waals surface area contributed by atoms with E-state index < -0.39 is 0 Å². The van der Waals surface area contributed by atoms with E-state index in [-0.39, 0.29) is 12.0 Å². The molecule has 3 heteroatoms. The normalized spacial score (nSPS) is 17.8. The molecule has 0 aromatic heterocycles. The summed E-state index contributed by atoms with van der Waals surface area (Å²) in [6, 6.07) is 4.04. The van der Waals surface area contributed by atoms with Crippen molar-refractivity contribution in [1.82, 2.24) is 0 Å². The second-order valence-electron chi connectivity index (χ2n) is 4.25. The molecule has 1 atom stereocenters. The van der Waals surface area contributed by atoms with E-state index in [2.05, 4.69) is 31.3 Å². The van der Waals surface area contributed by atoms with Gasteiger partial charge in [-0.15, -0.1) is 0 Å². The fourth-order valence-corrected chi connectivity index (χ4v) is 2.02. The third-order valence-electron chi connectivity index (χ3n) is 3.04. The molecule has 0 saturated heterocycles. The van der Waals surface area contributed by atoms with Gasteiger partial charge in [-0.2, -0.15) is 0 Å². The number of rotatable bonds is 2. The minimum atomic E-state index is -0.212. The third kappa shape index (κ3) is 1.90. The van der Waals surface area contributed by atoms with Gasteiger partial charge in [0.05, 0.1) is 6.61 Å². The zero-order valence-corrected chi connectivity index (χ0v) is 9.96. The van der Waals surface area contributed by atoms with Crippen molar-refractivity contribution in [2.75, 3.05) is 11.9 Å². The van der Waals surface area contributed by atoms with Crippen LogP contribution < -0.4 is 5.32 Å². The van der Waals surface area contributed by atoms with E-state index in [1.165, 1.54) is 16.7 Å². The molecule has 86 valence electrons. The van der Waals surface area contributed by atoms with E-state index in [4.69, 9.17) is 4.74 Å². The van der Waals surface area contributed by atoms with Crippen molar-refractivity contribution in [3.63, 3.8) is 0 Å². The van der Waals surface area contributed by atoms with Crippen LogP contribution in [0.1, 0.15) is 23.6 Å². The molecule has 0 aliphatic carbocycles. The number of carbonyl (C=O) groups excluding carboxylic acids is 1. The van der Waals surface area contributed by atoms with Crippen LogP contribution in [0.25, 0.3) is 0 Å². The summed E-state index contributed by atoms with van der Waals surface area (Å²) in [5, 5.41) is 3.21. The lowest BCUT2D eigenvalue weighted by Gasteiger charge is -2.09. The second kappa shape index (κ2) is 4.16. The van der Waals surface area contributed by atoms with E-state index in [1.54, 1.807) is 0 Å². The Morgan fingerprint density at radius 3 is 2.81 bits per heavy atom. The molecule has 0 bridgehead atoms. The maximum absolute atomic E-state index is 11.6. The SMILES string of the molecule is CCOC(=O)C1Cc2cc(C)c(C)cc2N1. The van der Waals surface area contributed by atoms with E-state index >= 15 is 0 Å². The van der Waals surface area contributed by atoms with Gasteiger partial charge in [-0.3, -0.25) is 0 Å². The molecule has 0 fully saturated rings. The van der Waals surface area contributed by atoms with Gasteiger partial charge in [0.25, 0.3) is 0 Å². The van der Waals surface area contributed by atoms with Crippen LogP contribution in [0.3, 0.4) is 0 Å². The minimum Gasteiger partial charge on any atom is -0.464 e. The van der Waals surface area contributed by atoms with Crippen molar-refractivity contribution in [3.05, 3.63) is 28.8 Å². The quantitative estimate of drug-likeness (QED) is 0.775. The summed E-state index contributed by atoms with van der Waals surface area (Å²) in [4.78, 5) is 11.6. The number of carbonyl (C=O) groups is 1. The van der Waals surface area contributed by atoms with Gasteiger partial charge in [0, 0.05) is 12.1 Å². The Morgan fingerprint density at radius 2 is 2.12 bits per heavy atom. The molecule has 1 N–H and O–H groups in total. The lowest BCUT2D eigenvalue weighted by molar-refractivity contribution is -0.143. The van der Waals surface area contributed by atoms with E-state index in [0.717, 1.165) is 12.1 Å². The fourth-order valence-electron chi connectivity index (χ4n) is 2.02. The highest BCUT2D eigenvalue weighted by Crippen LogP contribution is 2.29. The summed E-state index contributed by atoms with van der Waals surface area (Å²) < 4.78 is 5.02. The maximum Gasteiger partial charge on any atom is 0.328 e. The maximum atomic E-state index is 11.6. The number of esters is 1. The summed E-state index contributed by atoms with van der Waals surface area (Å²) in [5.41, 5.74) is 4.79. The Balaban J connectivity index is 2.18. The predicted molar refractivity (Wildman–Crippen MR) is 63.7 cm³/mol. The molecule has 1 aliphatic rings. The summed E-state index contributed by atoms with van der Waals surface area (Å²) in [6.07, 6.45) is 0.731. The van der Waals surface area contributed by atoms with Gasteiger partial charge in [-0.1, -0.05) is 6.07 Å². The largest absolute Gasteiger partial charge is 0.464 e. The van der Waals surface area contributed by atoms with Gasteiger partial charge in [0.1, 0.15) is 6.04 Å². The summed E-state index contributed by atoms with van der Waals surface area (Å²) in [7, 11) is 0. The molecule has 3 nitrogen and oxygen atoms in total. The molecule has 0 spiro atoms. The Bertz CT molecular complexity index is 395. The van der Waals surface area contributed by atoms with Crippen LogP contribution in [-0.4, -0.2) is 18.6 Å². The Kier molecular flexibility index (Phi) is 2.86. The molecule has 1 heterocycles. The number of nitrogens with one attached hydrogen (secondary N) is 1. The lowest BCUT2D eigenvalue weighted by Crippen LogP contribution is -2.28. The first kappa shape index (κ1) is 11.0. The standard InChI is InChI=1S/C13H17NO2/c1-4-16-13(15)12-7-10-5-8(2)9(3)6-11(10)14-12/h5-6,12,14H,4,7H2,1-3H3. The first-order valence-corrected chi connectivity index (χ1v) is 5.65. The first-order chi connectivity index (χ1) is 7.61. The van der Waals surface area contributed by atoms with Gasteiger partial charge < -0.3 is 10.1 Å². The minimum absolute atomic E-state index is 0.158. The number of fused-ring (bicyclic) bond motifs is 1. The monoisotopic (exact) mass is 219 g/mol. The van der Waals surface area contributed by atoms with Crippen molar-refractivity contribution >= 4 is 11.7 Å². The molecular formula is C13H17NO2. The average Bonchev–Trinajstić information content (AvgIpc) is 2.62. The van der Waals surface area contributed by atoms with Crippen molar-refractivity contribution in [3.8, 4) is 0 Å². The van der Waals surface area contributed by atoms with Crippen LogP contribution in [0, 0.1) is 13.8 Å². The molecule has 1 aliphatic heterocycles. The topological polar surface area (TPSA) is 38.3 Å². The average molecular weight is 219 g/mol. The highest BCUT2D eigenvalue weighted by atomic mass is 16.5. The molecule has 1 aromatic rings. The number of aryl methyl sites for hydroxylation is 2. The van der Waals surface area contributed by atoms with Crippen LogP contribution in [0.4, 0.5) is 5.69 Å². The molecule has 2 rings (SSSR count). The Labute approximate surface area is 95.8 Å². The van der Waals surface area contributed by atoms with Crippen molar-refractivity contribution < 1.29 is 9.53 Å². The van der Waals surface area contributed by atoms with Gasteiger partial charge >= 0.3 is 5.97 Å². The number of hydrogen-bond donors (Lipinski definition) is 1. The Morgan fingerprint density at radius 1 is 1.44 bits per heavy atom. The van der Waals surface area contributed by atoms with Gasteiger partial charge in [0.2, 0.25) is 0 Å². The van der Waals surface area contributed by atoms with Crippen LogP contribution in [-0.2, 0) is 16.0 Å². The molecular weight excluding hydrogens is 202 g/mol. The zero-order chi connectivity index (χ0) is 11.7. The highest BCUT2D eigenvalue weighted by Gasteiger charge is 2.27. The van der Waals surface area contributed by atoms with Gasteiger partial charge in [-0.25, -0.2) is 4.79 Å². The number of anilines is 1. The fraction of sp³-hybridized carbons (Fsp3) is 0.462. The highest BCUT2D eigenvalue weighted by molar-refractivity contribution is 5.83. The molecule has 16 heavy (non-hydrogen) atoms. The van der Waals surface area contributed by atoms with Gasteiger partial charge in [-0.05, 0) is 43.5 Å². The van der Waals surface area contributed by atoms with E-state index in [1.807, 2.05) is 6.92 Å². The predicted octanol–water partition coefficient (Wildman–Crippen LogP) is 2.20. The second-order valence-corrected chi connectivity index (χ2v) is 4.25. The Hall–Kier alpha value is -1.51. The van der Waals surface area contributed by atoms with Crippen molar-refractivity contribution in [2.24, 2.45) is 0 Å². The third-order valence-corrected chi connectivity index (χ3v) is 3.04. The van der Waals surface area contributed by atoms with Crippen molar-refractivity contribution in [2.45, 2.75) is 33.2 Å². The summed E-state index contributed by atoms with van der Waals surface area (Å²) >= 11 is 0. The molecule has 0 saturated carbocycles. The lowest BCUT2D eigenvalue weighted by atomic mass is 10.0. The van der Waals surface area contributed by atoms with Crippen LogP contribution in [0.5, 0.6) is 0 Å². The van der Waals surface area contributed by atoms with Crippen LogP contribution in [0.2, 0.25) is 0 Å². The number of benzene rings is 1. The molecule has 0 radical (unpaired) electrons.